The third-order valence-corrected chi connectivity index (χ3v) is 4.23. The summed E-state index contributed by atoms with van der Waals surface area (Å²) in [4.78, 5) is 16.2. The minimum absolute atomic E-state index is 0.0950. The van der Waals surface area contributed by atoms with Crippen molar-refractivity contribution in [2.75, 3.05) is 12.4 Å². The first-order valence-electron chi connectivity index (χ1n) is 6.81. The number of benzene rings is 2. The van der Waals surface area contributed by atoms with E-state index in [1.807, 2.05) is 0 Å². The van der Waals surface area contributed by atoms with Gasteiger partial charge < -0.3 is 4.74 Å². The number of anilines is 1. The molecule has 0 saturated carbocycles. The minimum Gasteiger partial charge on any atom is -0.496 e. The summed E-state index contributed by atoms with van der Waals surface area (Å²) < 4.78 is 44.5. The van der Waals surface area contributed by atoms with Crippen molar-refractivity contribution in [1.82, 2.24) is 4.98 Å². The van der Waals surface area contributed by atoms with Crippen molar-refractivity contribution in [3.63, 3.8) is 0 Å². The van der Waals surface area contributed by atoms with Gasteiger partial charge >= 0.3 is 6.18 Å². The van der Waals surface area contributed by atoms with E-state index in [4.69, 9.17) is 4.74 Å². The average molecular weight is 352 g/mol. The molecular weight excluding hydrogens is 341 g/mol. The van der Waals surface area contributed by atoms with Gasteiger partial charge in [-0.1, -0.05) is 29.5 Å². The van der Waals surface area contributed by atoms with Gasteiger partial charge in [0.15, 0.2) is 5.13 Å². The highest BCUT2D eigenvalue weighted by molar-refractivity contribution is 7.22. The van der Waals surface area contributed by atoms with Gasteiger partial charge in [-0.3, -0.25) is 10.1 Å². The maximum Gasteiger partial charge on any atom is 0.418 e. The molecule has 1 N–H and O–H groups in total. The largest absolute Gasteiger partial charge is 0.496 e. The Kier molecular flexibility index (Phi) is 4.15. The number of alkyl halides is 3. The maximum atomic E-state index is 13.0. The number of aromatic nitrogens is 1. The van der Waals surface area contributed by atoms with E-state index >= 15 is 0 Å². The Hall–Kier alpha value is -2.61. The monoisotopic (exact) mass is 352 g/mol. The molecule has 0 aliphatic heterocycles. The van der Waals surface area contributed by atoms with Gasteiger partial charge in [0.1, 0.15) is 5.75 Å². The van der Waals surface area contributed by atoms with Crippen LogP contribution >= 0.6 is 11.3 Å². The Balaban J connectivity index is 1.95. The maximum absolute atomic E-state index is 13.0. The molecule has 4 nitrogen and oxygen atoms in total. The van der Waals surface area contributed by atoms with Crippen LogP contribution in [0, 0.1) is 0 Å². The number of carbonyl (C=O) groups excluding carboxylic acids is 1. The number of amides is 1. The lowest BCUT2D eigenvalue weighted by Gasteiger charge is -2.07. The number of rotatable bonds is 3. The molecule has 3 aromatic rings. The molecule has 0 saturated heterocycles. The van der Waals surface area contributed by atoms with E-state index in [-0.39, 0.29) is 16.2 Å². The highest BCUT2D eigenvalue weighted by atomic mass is 32.1. The van der Waals surface area contributed by atoms with E-state index in [0.717, 1.165) is 17.4 Å². The van der Waals surface area contributed by atoms with Crippen molar-refractivity contribution in [2.24, 2.45) is 0 Å². The lowest BCUT2D eigenvalue weighted by atomic mass is 10.2. The summed E-state index contributed by atoms with van der Waals surface area (Å²) in [6.45, 7) is 0. The number of ether oxygens (including phenoxy) is 1. The summed E-state index contributed by atoms with van der Waals surface area (Å²) >= 11 is 0.980. The zero-order valence-corrected chi connectivity index (χ0v) is 13.2. The Morgan fingerprint density at radius 2 is 1.92 bits per heavy atom. The lowest BCUT2D eigenvalue weighted by Crippen LogP contribution is -2.13. The molecule has 0 atom stereocenters. The first-order chi connectivity index (χ1) is 11.4. The fourth-order valence-electron chi connectivity index (χ4n) is 2.23. The number of methoxy groups -OCH3 is 1. The van der Waals surface area contributed by atoms with Crippen LogP contribution in [0.1, 0.15) is 15.9 Å². The average Bonchev–Trinajstić information content (AvgIpc) is 2.95. The zero-order valence-electron chi connectivity index (χ0n) is 12.3. The summed E-state index contributed by atoms with van der Waals surface area (Å²) in [6, 6.07) is 10.4. The van der Waals surface area contributed by atoms with Crippen LogP contribution in [0.5, 0.6) is 5.75 Å². The van der Waals surface area contributed by atoms with Gasteiger partial charge in [-0.25, -0.2) is 4.98 Å². The topological polar surface area (TPSA) is 51.2 Å². The van der Waals surface area contributed by atoms with Crippen LogP contribution in [-0.4, -0.2) is 18.0 Å². The number of nitrogens with zero attached hydrogens (tertiary/aromatic N) is 1. The highest BCUT2D eigenvalue weighted by Gasteiger charge is 2.33. The van der Waals surface area contributed by atoms with Crippen molar-refractivity contribution in [3.05, 3.63) is 53.6 Å². The van der Waals surface area contributed by atoms with E-state index in [1.165, 1.54) is 19.2 Å². The SMILES string of the molecule is COc1ccccc1C(=O)Nc1nc2c(C(F)(F)F)cccc2s1. The van der Waals surface area contributed by atoms with Crippen molar-refractivity contribution in [1.29, 1.82) is 0 Å². The standard InChI is InChI=1S/C16H11F3N2O2S/c1-23-11-7-3-2-5-9(11)14(22)21-15-20-13-10(16(17,18)19)6-4-8-12(13)24-15/h2-8H,1H3,(H,20,21,22). The van der Waals surface area contributed by atoms with Crippen LogP contribution in [0.3, 0.4) is 0 Å². The quantitative estimate of drug-likeness (QED) is 0.751. The summed E-state index contributed by atoms with van der Waals surface area (Å²) in [7, 11) is 1.43. The van der Waals surface area contributed by atoms with Gasteiger partial charge in [-0.2, -0.15) is 13.2 Å². The van der Waals surface area contributed by atoms with Crippen molar-refractivity contribution < 1.29 is 22.7 Å². The first-order valence-corrected chi connectivity index (χ1v) is 7.63. The summed E-state index contributed by atoms with van der Waals surface area (Å²) in [5.74, 6) is -0.132. The molecule has 8 heteroatoms. The summed E-state index contributed by atoms with van der Waals surface area (Å²) in [5, 5.41) is 2.62. The van der Waals surface area contributed by atoms with Crippen LogP contribution in [0.4, 0.5) is 18.3 Å². The third-order valence-electron chi connectivity index (χ3n) is 3.30. The second kappa shape index (κ2) is 6.12. The number of halogens is 3. The molecular formula is C16H11F3N2O2S. The van der Waals surface area contributed by atoms with Crippen LogP contribution in [-0.2, 0) is 6.18 Å². The van der Waals surface area contributed by atoms with Crippen molar-refractivity contribution >= 4 is 32.6 Å². The molecule has 0 spiro atoms. The molecule has 0 aliphatic carbocycles. The van der Waals surface area contributed by atoms with Gasteiger partial charge in [0.2, 0.25) is 0 Å². The molecule has 0 radical (unpaired) electrons. The number of thiazole rings is 1. The van der Waals surface area contributed by atoms with Crippen molar-refractivity contribution in [2.45, 2.75) is 6.18 Å². The molecule has 0 bridgehead atoms. The normalized spacial score (nSPS) is 11.5. The number of hydrogen-bond acceptors (Lipinski definition) is 4. The first kappa shape index (κ1) is 16.3. The van der Waals surface area contributed by atoms with Crippen LogP contribution < -0.4 is 10.1 Å². The molecule has 0 unspecified atom stereocenters. The third kappa shape index (κ3) is 3.05. The minimum atomic E-state index is -4.50. The van der Waals surface area contributed by atoms with Gasteiger partial charge in [-0.05, 0) is 24.3 Å². The van der Waals surface area contributed by atoms with Crippen molar-refractivity contribution in [3.8, 4) is 5.75 Å². The molecule has 1 heterocycles. The second-order valence-electron chi connectivity index (χ2n) is 4.82. The number of carbonyl (C=O) groups is 1. The van der Waals surface area contributed by atoms with E-state index in [9.17, 15) is 18.0 Å². The van der Waals surface area contributed by atoms with E-state index in [2.05, 4.69) is 10.3 Å². The number of hydrogen-bond donors (Lipinski definition) is 1. The predicted octanol–water partition coefficient (Wildman–Crippen LogP) is 4.58. The molecule has 1 amide bonds. The summed E-state index contributed by atoms with van der Waals surface area (Å²) in [5.41, 5.74) is -0.727. The highest BCUT2D eigenvalue weighted by Crippen LogP contribution is 2.37. The van der Waals surface area contributed by atoms with E-state index < -0.39 is 17.6 Å². The van der Waals surface area contributed by atoms with Gasteiger partial charge in [-0.15, -0.1) is 0 Å². The van der Waals surface area contributed by atoms with Crippen LogP contribution in [0.2, 0.25) is 0 Å². The fourth-order valence-corrected chi connectivity index (χ4v) is 3.12. The van der Waals surface area contributed by atoms with E-state index in [1.54, 1.807) is 24.3 Å². The molecule has 0 fully saturated rings. The number of nitrogens with one attached hydrogen (secondary N) is 1. The van der Waals surface area contributed by atoms with Gasteiger partial charge in [0, 0.05) is 0 Å². The molecule has 2 aromatic carbocycles. The fraction of sp³-hybridized carbons (Fsp3) is 0.125. The van der Waals surface area contributed by atoms with Gasteiger partial charge in [0.25, 0.3) is 5.91 Å². The second-order valence-corrected chi connectivity index (χ2v) is 5.85. The van der Waals surface area contributed by atoms with Gasteiger partial charge in [0.05, 0.1) is 28.5 Å². The Morgan fingerprint density at radius 3 is 2.62 bits per heavy atom. The molecule has 124 valence electrons. The molecule has 24 heavy (non-hydrogen) atoms. The lowest BCUT2D eigenvalue weighted by molar-refractivity contribution is -0.136. The Morgan fingerprint density at radius 1 is 1.17 bits per heavy atom. The molecule has 0 aliphatic rings. The Bertz CT molecular complexity index is 906. The van der Waals surface area contributed by atoms with Crippen LogP contribution in [0.15, 0.2) is 42.5 Å². The zero-order chi connectivity index (χ0) is 17.3. The number of para-hydroxylation sites is 2. The Labute approximate surface area is 138 Å². The molecule has 1 aromatic heterocycles. The predicted molar refractivity (Wildman–Crippen MR) is 85.6 cm³/mol. The number of fused-ring (bicyclic) bond motifs is 1. The summed E-state index contributed by atoms with van der Waals surface area (Å²) in [6.07, 6.45) is -4.50. The van der Waals surface area contributed by atoms with Crippen LogP contribution in [0.25, 0.3) is 10.2 Å². The smallest absolute Gasteiger partial charge is 0.418 e. The van der Waals surface area contributed by atoms with E-state index in [0.29, 0.717) is 10.4 Å². The molecule has 3 rings (SSSR count).